The SMILES string of the molecule is CNC(=O)c1cc(Cl)cc(F)c1NC(=O)c1cc(Br)nn1-c1ncccc1Cl. The number of amides is 2. The Labute approximate surface area is 177 Å². The quantitative estimate of drug-likeness (QED) is 0.581. The fourth-order valence-corrected chi connectivity index (χ4v) is 3.18. The second-order valence-corrected chi connectivity index (χ2v) is 7.07. The van der Waals surface area contributed by atoms with Crippen molar-refractivity contribution in [3.63, 3.8) is 0 Å². The van der Waals surface area contributed by atoms with Crippen molar-refractivity contribution in [2.75, 3.05) is 12.4 Å². The molecule has 3 aromatic rings. The molecule has 2 amide bonds. The van der Waals surface area contributed by atoms with Gasteiger partial charge in [-0.15, -0.1) is 0 Å². The maximum Gasteiger partial charge on any atom is 0.274 e. The van der Waals surface area contributed by atoms with Gasteiger partial charge in [0.05, 0.1) is 16.3 Å². The Kier molecular flexibility index (Phi) is 5.97. The summed E-state index contributed by atoms with van der Waals surface area (Å²) in [6.07, 6.45) is 1.49. The number of pyridine rings is 1. The molecule has 2 heterocycles. The molecule has 0 aliphatic heterocycles. The minimum absolute atomic E-state index is 0.0159. The Balaban J connectivity index is 2.05. The molecule has 0 radical (unpaired) electrons. The highest BCUT2D eigenvalue weighted by molar-refractivity contribution is 9.10. The number of nitrogens with zero attached hydrogens (tertiary/aromatic N) is 3. The van der Waals surface area contributed by atoms with E-state index in [1.165, 1.54) is 30.1 Å². The van der Waals surface area contributed by atoms with Crippen LogP contribution in [-0.4, -0.2) is 33.6 Å². The highest BCUT2D eigenvalue weighted by Crippen LogP contribution is 2.27. The van der Waals surface area contributed by atoms with Crippen LogP contribution in [0.4, 0.5) is 10.1 Å². The standard InChI is InChI=1S/C17H11BrCl2FN5O2/c1-22-16(27)9-5-8(19)6-11(21)14(9)24-17(28)12-7-13(18)25-26(12)15-10(20)3-2-4-23-15/h2-7H,1H3,(H,22,27)(H,24,28). The third kappa shape index (κ3) is 4.01. The fraction of sp³-hybridized carbons (Fsp3) is 0.0588. The minimum Gasteiger partial charge on any atom is -0.355 e. The molecule has 144 valence electrons. The van der Waals surface area contributed by atoms with E-state index < -0.39 is 17.6 Å². The van der Waals surface area contributed by atoms with Gasteiger partial charge < -0.3 is 10.6 Å². The molecule has 0 aliphatic carbocycles. The summed E-state index contributed by atoms with van der Waals surface area (Å²) in [6, 6.07) is 6.87. The third-order valence-electron chi connectivity index (χ3n) is 3.62. The molecule has 0 aliphatic rings. The molecule has 0 saturated carbocycles. The predicted octanol–water partition coefficient (Wildman–Crippen LogP) is 4.09. The van der Waals surface area contributed by atoms with E-state index in [1.54, 1.807) is 12.1 Å². The van der Waals surface area contributed by atoms with E-state index in [2.05, 4.69) is 36.6 Å². The second kappa shape index (κ2) is 8.26. The van der Waals surface area contributed by atoms with Crippen LogP contribution in [0.5, 0.6) is 0 Å². The molecule has 0 bridgehead atoms. The summed E-state index contributed by atoms with van der Waals surface area (Å²) in [5.74, 6) is -1.99. The molecule has 0 saturated heterocycles. The van der Waals surface area contributed by atoms with E-state index in [9.17, 15) is 14.0 Å². The van der Waals surface area contributed by atoms with Gasteiger partial charge in [0, 0.05) is 24.3 Å². The van der Waals surface area contributed by atoms with Crippen LogP contribution >= 0.6 is 39.1 Å². The smallest absolute Gasteiger partial charge is 0.274 e. The zero-order valence-corrected chi connectivity index (χ0v) is 17.2. The summed E-state index contributed by atoms with van der Waals surface area (Å²) in [6.45, 7) is 0. The average molecular weight is 487 g/mol. The molecule has 11 heteroatoms. The van der Waals surface area contributed by atoms with Crippen molar-refractivity contribution in [3.8, 4) is 5.82 Å². The van der Waals surface area contributed by atoms with Gasteiger partial charge in [-0.3, -0.25) is 9.59 Å². The maximum atomic E-state index is 14.4. The Morgan fingerprint density at radius 1 is 1.21 bits per heavy atom. The van der Waals surface area contributed by atoms with Crippen LogP contribution in [0.3, 0.4) is 0 Å². The largest absolute Gasteiger partial charge is 0.355 e. The zero-order valence-electron chi connectivity index (χ0n) is 14.1. The van der Waals surface area contributed by atoms with Gasteiger partial charge in [0.2, 0.25) is 0 Å². The van der Waals surface area contributed by atoms with Crippen molar-refractivity contribution in [1.82, 2.24) is 20.1 Å². The van der Waals surface area contributed by atoms with Gasteiger partial charge in [-0.25, -0.2) is 14.1 Å². The monoisotopic (exact) mass is 485 g/mol. The molecule has 2 N–H and O–H groups in total. The zero-order chi connectivity index (χ0) is 20.4. The van der Waals surface area contributed by atoms with Gasteiger partial charge >= 0.3 is 0 Å². The number of rotatable bonds is 4. The van der Waals surface area contributed by atoms with Crippen molar-refractivity contribution in [2.45, 2.75) is 0 Å². The number of hydrogen-bond donors (Lipinski definition) is 2. The van der Waals surface area contributed by atoms with E-state index in [0.29, 0.717) is 4.60 Å². The lowest BCUT2D eigenvalue weighted by molar-refractivity contribution is 0.0963. The summed E-state index contributed by atoms with van der Waals surface area (Å²) in [7, 11) is 1.38. The highest BCUT2D eigenvalue weighted by atomic mass is 79.9. The van der Waals surface area contributed by atoms with Gasteiger partial charge in [-0.05, 0) is 40.2 Å². The first kappa shape index (κ1) is 20.2. The normalized spacial score (nSPS) is 10.6. The number of carbonyl (C=O) groups excluding carboxylic acids is 2. The molecule has 0 fully saturated rings. The Bertz CT molecular complexity index is 1090. The Morgan fingerprint density at radius 3 is 2.64 bits per heavy atom. The number of hydrogen-bond acceptors (Lipinski definition) is 4. The first-order valence-electron chi connectivity index (χ1n) is 7.70. The van der Waals surface area contributed by atoms with Crippen LogP contribution in [0.15, 0.2) is 41.1 Å². The van der Waals surface area contributed by atoms with E-state index >= 15 is 0 Å². The van der Waals surface area contributed by atoms with Crippen molar-refractivity contribution in [3.05, 3.63) is 68.3 Å². The number of nitrogens with one attached hydrogen (secondary N) is 2. The molecule has 1 aromatic carbocycles. The summed E-state index contributed by atoms with van der Waals surface area (Å²) < 4.78 is 16.0. The highest BCUT2D eigenvalue weighted by Gasteiger charge is 2.23. The molecule has 28 heavy (non-hydrogen) atoms. The van der Waals surface area contributed by atoms with Gasteiger partial charge in [-0.2, -0.15) is 5.10 Å². The van der Waals surface area contributed by atoms with Crippen molar-refractivity contribution >= 4 is 56.6 Å². The molecule has 0 unspecified atom stereocenters. The van der Waals surface area contributed by atoms with E-state index in [1.807, 2.05) is 0 Å². The maximum absolute atomic E-state index is 14.4. The summed E-state index contributed by atoms with van der Waals surface area (Å²) in [4.78, 5) is 29.0. The lowest BCUT2D eigenvalue weighted by atomic mass is 10.1. The first-order valence-corrected chi connectivity index (χ1v) is 9.25. The van der Waals surface area contributed by atoms with Crippen LogP contribution in [0.1, 0.15) is 20.8 Å². The molecule has 0 spiro atoms. The molecule has 0 atom stereocenters. The fourth-order valence-electron chi connectivity index (χ4n) is 2.40. The van der Waals surface area contributed by atoms with E-state index in [4.69, 9.17) is 23.2 Å². The van der Waals surface area contributed by atoms with Gasteiger partial charge in [0.25, 0.3) is 11.8 Å². The summed E-state index contributed by atoms with van der Waals surface area (Å²) in [5.41, 5.74) is -0.420. The van der Waals surface area contributed by atoms with Crippen LogP contribution in [0.25, 0.3) is 5.82 Å². The topological polar surface area (TPSA) is 88.9 Å². The van der Waals surface area contributed by atoms with Crippen molar-refractivity contribution < 1.29 is 14.0 Å². The summed E-state index contributed by atoms with van der Waals surface area (Å²) in [5, 5.41) is 9.19. The van der Waals surface area contributed by atoms with Crippen molar-refractivity contribution in [2.24, 2.45) is 0 Å². The van der Waals surface area contributed by atoms with E-state index in [-0.39, 0.29) is 32.8 Å². The number of carbonyl (C=O) groups is 2. The van der Waals surface area contributed by atoms with Gasteiger partial charge in [0.15, 0.2) is 5.82 Å². The van der Waals surface area contributed by atoms with Crippen LogP contribution < -0.4 is 10.6 Å². The molecular formula is C17H11BrCl2FN5O2. The van der Waals surface area contributed by atoms with Crippen LogP contribution in [0.2, 0.25) is 10.0 Å². The van der Waals surface area contributed by atoms with Crippen LogP contribution in [-0.2, 0) is 0 Å². The minimum atomic E-state index is -0.861. The second-order valence-electron chi connectivity index (χ2n) is 5.42. The van der Waals surface area contributed by atoms with Crippen molar-refractivity contribution in [1.29, 1.82) is 0 Å². The molecular weight excluding hydrogens is 476 g/mol. The number of benzene rings is 1. The first-order chi connectivity index (χ1) is 13.3. The molecule has 3 rings (SSSR count). The Hall–Kier alpha value is -2.49. The number of aromatic nitrogens is 3. The number of halogens is 4. The van der Waals surface area contributed by atoms with Gasteiger partial charge in [-0.1, -0.05) is 23.2 Å². The summed E-state index contributed by atoms with van der Waals surface area (Å²) >= 11 is 15.2. The Morgan fingerprint density at radius 2 is 1.96 bits per heavy atom. The van der Waals surface area contributed by atoms with Gasteiger partial charge in [0.1, 0.15) is 16.1 Å². The third-order valence-corrected chi connectivity index (χ3v) is 4.52. The van der Waals surface area contributed by atoms with E-state index in [0.717, 1.165) is 6.07 Å². The molecule has 7 nitrogen and oxygen atoms in total. The lowest BCUT2D eigenvalue weighted by Gasteiger charge is -2.13. The average Bonchev–Trinajstić information content (AvgIpc) is 3.05. The van der Waals surface area contributed by atoms with Crippen LogP contribution in [0, 0.1) is 5.82 Å². The molecule has 2 aromatic heterocycles. The lowest BCUT2D eigenvalue weighted by Crippen LogP contribution is -2.24. The number of anilines is 1. The predicted molar refractivity (Wildman–Crippen MR) is 107 cm³/mol.